The first kappa shape index (κ1) is 12.3. The van der Waals surface area contributed by atoms with E-state index in [1.807, 2.05) is 6.07 Å². The molecule has 1 heterocycles. The summed E-state index contributed by atoms with van der Waals surface area (Å²) >= 11 is 0. The van der Waals surface area contributed by atoms with Crippen LogP contribution in [0.5, 0.6) is 0 Å². The number of nitriles is 1. The van der Waals surface area contributed by atoms with E-state index in [9.17, 15) is 14.9 Å². The molecule has 1 N–H and O–H groups in total. The lowest BCUT2D eigenvalue weighted by molar-refractivity contribution is -0.384. The zero-order valence-corrected chi connectivity index (χ0v) is 9.35. The van der Waals surface area contributed by atoms with Gasteiger partial charge in [0.15, 0.2) is 5.69 Å². The zero-order valence-electron chi connectivity index (χ0n) is 9.35. The molecule has 0 amide bonds. The van der Waals surface area contributed by atoms with Gasteiger partial charge in [0, 0.05) is 18.3 Å². The Kier molecular flexibility index (Phi) is 2.95. The minimum absolute atomic E-state index is 0.0588. The molecule has 0 fully saturated rings. The first-order valence-corrected chi connectivity index (χ1v) is 4.99. The van der Waals surface area contributed by atoms with Crippen LogP contribution in [0.1, 0.15) is 16.1 Å². The summed E-state index contributed by atoms with van der Waals surface area (Å²) in [5.74, 6) is -1.20. The van der Waals surface area contributed by atoms with Crippen molar-refractivity contribution in [2.45, 2.75) is 0 Å². The Bertz CT molecular complexity index is 714. The number of carbonyl (C=O) groups is 1. The maximum Gasteiger partial charge on any atom is 0.356 e. The van der Waals surface area contributed by atoms with E-state index in [4.69, 9.17) is 10.4 Å². The van der Waals surface area contributed by atoms with Crippen molar-refractivity contribution in [2.24, 2.45) is 0 Å². The molecule has 2 aromatic rings. The number of hydrogen-bond donors (Lipinski definition) is 1. The number of non-ortho nitro benzene ring substituents is 1. The molecular weight excluding hydrogens is 252 g/mol. The molecule has 0 aliphatic heterocycles. The van der Waals surface area contributed by atoms with E-state index < -0.39 is 10.9 Å². The van der Waals surface area contributed by atoms with Crippen molar-refractivity contribution in [3.05, 3.63) is 52.1 Å². The fourth-order valence-electron chi connectivity index (χ4n) is 1.52. The van der Waals surface area contributed by atoms with Crippen LogP contribution < -0.4 is 0 Å². The van der Waals surface area contributed by atoms with Gasteiger partial charge in [-0.2, -0.15) is 5.26 Å². The Morgan fingerprint density at radius 1 is 1.53 bits per heavy atom. The van der Waals surface area contributed by atoms with Crippen LogP contribution in [0, 0.1) is 21.4 Å². The summed E-state index contributed by atoms with van der Waals surface area (Å²) in [7, 11) is 0. The standard InChI is InChI=1S/C11H6N4O4/c12-4-7-3-8(15(18)19)1-2-10(7)14-5-9(11(16)17)13-6-14/h1-3,5-6H,(H,16,17). The number of carboxylic acids is 1. The number of aromatic carboxylic acids is 1. The minimum Gasteiger partial charge on any atom is -0.476 e. The lowest BCUT2D eigenvalue weighted by atomic mass is 10.1. The second kappa shape index (κ2) is 4.58. The molecule has 1 aromatic carbocycles. The second-order valence-electron chi connectivity index (χ2n) is 3.54. The first-order chi connectivity index (χ1) is 9.02. The number of nitro benzene ring substituents is 1. The van der Waals surface area contributed by atoms with Gasteiger partial charge in [-0.15, -0.1) is 0 Å². The number of nitro groups is 1. The summed E-state index contributed by atoms with van der Waals surface area (Å²) in [5, 5.41) is 28.3. The van der Waals surface area contributed by atoms with E-state index in [0.717, 1.165) is 6.07 Å². The molecule has 8 heteroatoms. The highest BCUT2D eigenvalue weighted by atomic mass is 16.6. The molecule has 0 aliphatic rings. The molecule has 0 saturated carbocycles. The van der Waals surface area contributed by atoms with Gasteiger partial charge < -0.3 is 9.67 Å². The molecule has 0 spiro atoms. The van der Waals surface area contributed by atoms with Gasteiger partial charge in [0.1, 0.15) is 12.4 Å². The molecule has 0 bridgehead atoms. The molecule has 0 unspecified atom stereocenters. The molecule has 0 aliphatic carbocycles. The van der Waals surface area contributed by atoms with Crippen LogP contribution in [-0.2, 0) is 0 Å². The summed E-state index contributed by atoms with van der Waals surface area (Å²) in [5.41, 5.74) is -0.00208. The Balaban J connectivity index is 2.53. The van der Waals surface area contributed by atoms with Gasteiger partial charge in [0.05, 0.1) is 16.2 Å². The van der Waals surface area contributed by atoms with E-state index in [-0.39, 0.29) is 16.9 Å². The third-order valence-electron chi connectivity index (χ3n) is 2.39. The third kappa shape index (κ3) is 2.25. The van der Waals surface area contributed by atoms with Crippen molar-refractivity contribution < 1.29 is 14.8 Å². The normalized spacial score (nSPS) is 9.84. The molecule has 19 heavy (non-hydrogen) atoms. The zero-order chi connectivity index (χ0) is 14.0. The largest absolute Gasteiger partial charge is 0.476 e. The Morgan fingerprint density at radius 3 is 2.79 bits per heavy atom. The molecule has 8 nitrogen and oxygen atoms in total. The van der Waals surface area contributed by atoms with Crippen molar-refractivity contribution >= 4 is 11.7 Å². The van der Waals surface area contributed by atoms with Crippen molar-refractivity contribution in [3.63, 3.8) is 0 Å². The predicted octanol–water partition coefficient (Wildman–Crippen LogP) is 1.35. The van der Waals surface area contributed by atoms with Crippen LogP contribution in [0.15, 0.2) is 30.7 Å². The average molecular weight is 258 g/mol. The van der Waals surface area contributed by atoms with Gasteiger partial charge >= 0.3 is 5.97 Å². The van der Waals surface area contributed by atoms with Crippen molar-refractivity contribution in [3.8, 4) is 11.8 Å². The number of benzene rings is 1. The molecule has 2 rings (SSSR count). The SMILES string of the molecule is N#Cc1cc([N+](=O)[O-])ccc1-n1cnc(C(=O)O)c1. The summed E-state index contributed by atoms with van der Waals surface area (Å²) < 4.78 is 1.33. The number of imidazole rings is 1. The summed E-state index contributed by atoms with van der Waals surface area (Å²) in [6.07, 6.45) is 2.45. The lowest BCUT2D eigenvalue weighted by Gasteiger charge is -2.03. The maximum atomic E-state index is 10.7. The van der Waals surface area contributed by atoms with Gasteiger partial charge in [-0.1, -0.05) is 0 Å². The average Bonchev–Trinajstić information content (AvgIpc) is 2.87. The number of carboxylic acid groups (broad SMARTS) is 1. The number of nitrogens with zero attached hydrogens (tertiary/aromatic N) is 4. The topological polar surface area (TPSA) is 122 Å². The van der Waals surface area contributed by atoms with E-state index in [0.29, 0.717) is 5.69 Å². The summed E-state index contributed by atoms with van der Waals surface area (Å²) in [4.78, 5) is 24.4. The molecule has 0 radical (unpaired) electrons. The molecule has 0 atom stereocenters. The quantitative estimate of drug-likeness (QED) is 0.654. The number of rotatable bonds is 3. The number of aromatic nitrogens is 2. The van der Waals surface area contributed by atoms with E-state index in [1.54, 1.807) is 0 Å². The molecule has 94 valence electrons. The van der Waals surface area contributed by atoms with Crippen molar-refractivity contribution in [1.82, 2.24) is 9.55 Å². The van der Waals surface area contributed by atoms with Crippen LogP contribution in [0.3, 0.4) is 0 Å². The lowest BCUT2D eigenvalue weighted by Crippen LogP contribution is -1.98. The Morgan fingerprint density at radius 2 is 2.26 bits per heavy atom. The van der Waals surface area contributed by atoms with Gasteiger partial charge in [0.2, 0.25) is 0 Å². The van der Waals surface area contributed by atoms with Crippen LogP contribution in [0.2, 0.25) is 0 Å². The van der Waals surface area contributed by atoms with Crippen LogP contribution in [-0.4, -0.2) is 25.6 Å². The number of hydrogen-bond acceptors (Lipinski definition) is 5. The summed E-state index contributed by atoms with van der Waals surface area (Å²) in [6.45, 7) is 0. The van der Waals surface area contributed by atoms with Crippen LogP contribution >= 0.6 is 0 Å². The van der Waals surface area contributed by atoms with E-state index in [2.05, 4.69) is 4.98 Å². The first-order valence-electron chi connectivity index (χ1n) is 4.99. The monoisotopic (exact) mass is 258 g/mol. The van der Waals surface area contributed by atoms with E-state index >= 15 is 0 Å². The highest BCUT2D eigenvalue weighted by Crippen LogP contribution is 2.20. The highest BCUT2D eigenvalue weighted by molar-refractivity contribution is 5.85. The fraction of sp³-hybridized carbons (Fsp3) is 0. The minimum atomic E-state index is -1.20. The second-order valence-corrected chi connectivity index (χ2v) is 3.54. The molecular formula is C11H6N4O4. The predicted molar refractivity (Wildman–Crippen MR) is 61.9 cm³/mol. The van der Waals surface area contributed by atoms with Crippen LogP contribution in [0.25, 0.3) is 5.69 Å². The fourth-order valence-corrected chi connectivity index (χ4v) is 1.52. The van der Waals surface area contributed by atoms with Crippen molar-refractivity contribution in [2.75, 3.05) is 0 Å². The van der Waals surface area contributed by atoms with Gasteiger partial charge in [0.25, 0.3) is 5.69 Å². The Hall–Kier alpha value is -3.21. The van der Waals surface area contributed by atoms with Gasteiger partial charge in [-0.3, -0.25) is 10.1 Å². The van der Waals surface area contributed by atoms with Crippen molar-refractivity contribution in [1.29, 1.82) is 5.26 Å². The van der Waals surface area contributed by atoms with Gasteiger partial charge in [-0.25, -0.2) is 9.78 Å². The molecule has 1 aromatic heterocycles. The Labute approximate surface area is 106 Å². The highest BCUT2D eigenvalue weighted by Gasteiger charge is 2.14. The van der Waals surface area contributed by atoms with Crippen LogP contribution in [0.4, 0.5) is 5.69 Å². The van der Waals surface area contributed by atoms with E-state index in [1.165, 1.54) is 29.2 Å². The maximum absolute atomic E-state index is 10.7. The third-order valence-corrected chi connectivity index (χ3v) is 2.39. The summed E-state index contributed by atoms with van der Waals surface area (Å²) in [6, 6.07) is 5.55. The molecule has 0 saturated heterocycles. The van der Waals surface area contributed by atoms with Gasteiger partial charge in [-0.05, 0) is 6.07 Å². The smallest absolute Gasteiger partial charge is 0.356 e.